The Kier molecular flexibility index (Phi) is 6.42. The lowest BCUT2D eigenvalue weighted by atomic mass is 9.88. The molecule has 1 N–H and O–H groups in total. The molecule has 2 fully saturated rings. The normalized spacial score (nSPS) is 23.9. The summed E-state index contributed by atoms with van der Waals surface area (Å²) in [6.07, 6.45) is 8.45. The lowest BCUT2D eigenvalue weighted by molar-refractivity contribution is -0.133. The number of nitrogens with one attached hydrogen (secondary N) is 1. The van der Waals surface area contributed by atoms with Crippen molar-refractivity contribution in [2.45, 2.75) is 57.0 Å². The second-order valence-corrected chi connectivity index (χ2v) is 9.62. The Morgan fingerprint density at radius 2 is 1.81 bits per heavy atom. The summed E-state index contributed by atoms with van der Waals surface area (Å²) in [6, 6.07) is 7.84. The molecule has 150 valence electrons. The van der Waals surface area contributed by atoms with Crippen LogP contribution in [-0.2, 0) is 21.2 Å². The Morgan fingerprint density at radius 1 is 1.15 bits per heavy atom. The van der Waals surface area contributed by atoms with Crippen molar-refractivity contribution < 1.29 is 13.2 Å². The first-order valence-electron chi connectivity index (χ1n) is 9.90. The van der Waals surface area contributed by atoms with Crippen molar-refractivity contribution in [1.82, 2.24) is 9.80 Å². The molecule has 1 aromatic carbocycles. The lowest BCUT2D eigenvalue weighted by Crippen LogP contribution is -2.53. The molecule has 2 atom stereocenters. The molecule has 1 aromatic rings. The number of hydrogen-bond donors (Lipinski definition) is 1. The van der Waals surface area contributed by atoms with Crippen LogP contribution >= 0.6 is 0 Å². The van der Waals surface area contributed by atoms with Crippen molar-refractivity contribution in [1.29, 1.82) is 0 Å². The first kappa shape index (κ1) is 20.1. The van der Waals surface area contributed by atoms with Gasteiger partial charge >= 0.3 is 0 Å². The zero-order valence-corrected chi connectivity index (χ0v) is 17.2. The highest BCUT2D eigenvalue weighted by Gasteiger charge is 2.35. The Balaban J connectivity index is 1.71. The largest absolute Gasteiger partial charge is 0.341 e. The number of anilines is 1. The van der Waals surface area contributed by atoms with Crippen molar-refractivity contribution in [3.63, 3.8) is 0 Å². The van der Waals surface area contributed by atoms with E-state index >= 15 is 0 Å². The van der Waals surface area contributed by atoms with Gasteiger partial charge in [0.25, 0.3) is 0 Å². The van der Waals surface area contributed by atoms with Crippen LogP contribution in [0.15, 0.2) is 24.3 Å². The number of nitrogens with zero attached hydrogens (tertiary/aromatic N) is 2. The molecule has 2 aliphatic rings. The molecule has 1 aliphatic heterocycles. The summed E-state index contributed by atoms with van der Waals surface area (Å²) in [5.41, 5.74) is 1.20. The van der Waals surface area contributed by atoms with Crippen molar-refractivity contribution >= 4 is 21.6 Å². The van der Waals surface area contributed by atoms with Gasteiger partial charge in [0.05, 0.1) is 18.4 Å². The third kappa shape index (κ3) is 5.23. The maximum atomic E-state index is 13.0. The first-order valence-corrected chi connectivity index (χ1v) is 11.8. The van der Waals surface area contributed by atoms with Crippen LogP contribution in [0.3, 0.4) is 0 Å². The number of likely N-dealkylation sites (N-methyl/N-ethyl adjacent to an activating group) is 1. The number of amides is 1. The van der Waals surface area contributed by atoms with Crippen LogP contribution in [0.2, 0.25) is 0 Å². The fourth-order valence-electron chi connectivity index (χ4n) is 4.49. The van der Waals surface area contributed by atoms with Gasteiger partial charge in [-0.2, -0.15) is 0 Å². The van der Waals surface area contributed by atoms with E-state index in [-0.39, 0.29) is 18.4 Å². The molecular formula is C20H31N3O3S. The Bertz CT molecular complexity index is 759. The zero-order valence-electron chi connectivity index (χ0n) is 16.4. The highest BCUT2D eigenvalue weighted by atomic mass is 32.2. The van der Waals surface area contributed by atoms with Gasteiger partial charge in [0.2, 0.25) is 15.9 Å². The van der Waals surface area contributed by atoms with Crippen LogP contribution in [-0.4, -0.2) is 62.6 Å². The molecule has 2 unspecified atom stereocenters. The van der Waals surface area contributed by atoms with E-state index in [1.165, 1.54) is 25.7 Å². The summed E-state index contributed by atoms with van der Waals surface area (Å²) >= 11 is 0. The second kappa shape index (κ2) is 8.61. The molecular weight excluding hydrogens is 362 g/mol. The van der Waals surface area contributed by atoms with Crippen LogP contribution in [0.1, 0.15) is 44.1 Å². The van der Waals surface area contributed by atoms with E-state index < -0.39 is 10.0 Å². The van der Waals surface area contributed by atoms with Gasteiger partial charge in [-0.1, -0.05) is 31.0 Å². The van der Waals surface area contributed by atoms with E-state index in [2.05, 4.69) is 9.62 Å². The van der Waals surface area contributed by atoms with Crippen LogP contribution < -0.4 is 4.72 Å². The Labute approximate surface area is 163 Å². The van der Waals surface area contributed by atoms with E-state index in [4.69, 9.17) is 0 Å². The van der Waals surface area contributed by atoms with Gasteiger partial charge < -0.3 is 4.90 Å². The number of rotatable bonds is 6. The Hall–Kier alpha value is -1.60. The lowest BCUT2D eigenvalue weighted by Gasteiger charge is -2.42. The molecule has 1 heterocycles. The summed E-state index contributed by atoms with van der Waals surface area (Å²) in [4.78, 5) is 17.5. The van der Waals surface area contributed by atoms with Crippen molar-refractivity contribution in [3.8, 4) is 0 Å². The SMILES string of the molecule is CN(C(=O)Cc1ccccc1NS(C)(=O)=O)C1CCCCC1N1CCCC1. The minimum atomic E-state index is -3.38. The van der Waals surface area contributed by atoms with E-state index in [1.54, 1.807) is 12.1 Å². The highest BCUT2D eigenvalue weighted by Crippen LogP contribution is 2.29. The molecule has 1 saturated heterocycles. The minimum Gasteiger partial charge on any atom is -0.341 e. The van der Waals surface area contributed by atoms with Crippen molar-refractivity contribution in [3.05, 3.63) is 29.8 Å². The molecule has 0 radical (unpaired) electrons. The molecule has 7 heteroatoms. The van der Waals surface area contributed by atoms with E-state index in [0.29, 0.717) is 17.3 Å². The van der Waals surface area contributed by atoms with Gasteiger partial charge in [-0.05, 0) is 50.4 Å². The molecule has 0 bridgehead atoms. The summed E-state index contributed by atoms with van der Waals surface area (Å²) < 4.78 is 25.7. The number of carbonyl (C=O) groups is 1. The maximum absolute atomic E-state index is 13.0. The molecule has 1 aliphatic carbocycles. The quantitative estimate of drug-likeness (QED) is 0.806. The van der Waals surface area contributed by atoms with E-state index in [0.717, 1.165) is 32.2 Å². The fraction of sp³-hybridized carbons (Fsp3) is 0.650. The molecule has 0 spiro atoms. The van der Waals surface area contributed by atoms with Gasteiger partial charge in [0.15, 0.2) is 0 Å². The smallest absolute Gasteiger partial charge is 0.229 e. The van der Waals surface area contributed by atoms with Gasteiger partial charge in [-0.3, -0.25) is 14.4 Å². The number of carbonyl (C=O) groups excluding carboxylic acids is 1. The maximum Gasteiger partial charge on any atom is 0.229 e. The van der Waals surface area contributed by atoms with Gasteiger partial charge in [-0.15, -0.1) is 0 Å². The van der Waals surface area contributed by atoms with Crippen LogP contribution in [0, 0.1) is 0 Å². The molecule has 1 amide bonds. The van der Waals surface area contributed by atoms with Crippen LogP contribution in [0.25, 0.3) is 0 Å². The number of hydrogen-bond acceptors (Lipinski definition) is 4. The highest BCUT2D eigenvalue weighted by molar-refractivity contribution is 7.92. The topological polar surface area (TPSA) is 69.7 Å². The van der Waals surface area contributed by atoms with E-state index in [1.807, 2.05) is 24.1 Å². The molecule has 6 nitrogen and oxygen atoms in total. The number of sulfonamides is 1. The van der Waals surface area contributed by atoms with Gasteiger partial charge in [0, 0.05) is 19.1 Å². The predicted octanol–water partition coefficient (Wildman–Crippen LogP) is 2.47. The molecule has 3 rings (SSSR count). The monoisotopic (exact) mass is 393 g/mol. The van der Waals surface area contributed by atoms with Gasteiger partial charge in [0.1, 0.15) is 0 Å². The first-order chi connectivity index (χ1) is 12.8. The second-order valence-electron chi connectivity index (χ2n) is 7.88. The summed E-state index contributed by atoms with van der Waals surface area (Å²) in [5, 5.41) is 0. The summed E-state index contributed by atoms with van der Waals surface area (Å²) in [7, 11) is -1.47. The third-order valence-corrected chi connectivity index (χ3v) is 6.44. The molecule has 0 aromatic heterocycles. The molecule has 27 heavy (non-hydrogen) atoms. The standard InChI is InChI=1S/C20H31N3O3S/c1-22(18-11-5-6-12-19(18)23-13-7-8-14-23)20(24)15-16-9-3-4-10-17(16)21-27(2,25)26/h3-4,9-10,18-19,21H,5-8,11-15H2,1-2H3. The summed E-state index contributed by atoms with van der Waals surface area (Å²) in [5.74, 6) is 0.0499. The Morgan fingerprint density at radius 3 is 2.52 bits per heavy atom. The van der Waals surface area contributed by atoms with Gasteiger partial charge in [-0.25, -0.2) is 8.42 Å². The van der Waals surface area contributed by atoms with Crippen LogP contribution in [0.4, 0.5) is 5.69 Å². The summed E-state index contributed by atoms with van der Waals surface area (Å²) in [6.45, 7) is 2.29. The van der Waals surface area contributed by atoms with Crippen LogP contribution in [0.5, 0.6) is 0 Å². The minimum absolute atomic E-state index is 0.0499. The predicted molar refractivity (Wildman–Crippen MR) is 108 cm³/mol. The number of benzene rings is 1. The number of para-hydroxylation sites is 1. The third-order valence-electron chi connectivity index (χ3n) is 5.85. The molecule has 1 saturated carbocycles. The zero-order chi connectivity index (χ0) is 19.4. The average molecular weight is 394 g/mol. The number of likely N-dealkylation sites (tertiary alicyclic amines) is 1. The van der Waals surface area contributed by atoms with Crippen molar-refractivity contribution in [2.75, 3.05) is 31.1 Å². The van der Waals surface area contributed by atoms with E-state index in [9.17, 15) is 13.2 Å². The fourth-order valence-corrected chi connectivity index (χ4v) is 5.09. The average Bonchev–Trinajstić information content (AvgIpc) is 3.16. The van der Waals surface area contributed by atoms with Crippen molar-refractivity contribution in [2.24, 2.45) is 0 Å².